The molecule has 1 aromatic heterocycles. The van der Waals surface area contributed by atoms with Gasteiger partial charge in [-0.25, -0.2) is 4.79 Å². The molecule has 4 nitrogen and oxygen atoms in total. The summed E-state index contributed by atoms with van der Waals surface area (Å²) in [6.45, 7) is 0.307. The van der Waals surface area contributed by atoms with Crippen LogP contribution in [0.1, 0.15) is 37.7 Å². The topological polar surface area (TPSA) is 51.2 Å². The summed E-state index contributed by atoms with van der Waals surface area (Å²) in [5, 5.41) is 2.91. The Labute approximate surface area is 101 Å². The van der Waals surface area contributed by atoms with E-state index < -0.39 is 0 Å². The molecule has 1 aliphatic rings. The summed E-state index contributed by atoms with van der Waals surface area (Å²) in [6, 6.07) is 3.98. The number of hydrogen-bond acceptors (Lipinski definition) is 3. The van der Waals surface area contributed by atoms with Crippen molar-refractivity contribution in [3.8, 4) is 0 Å². The van der Waals surface area contributed by atoms with E-state index in [9.17, 15) is 4.79 Å². The Morgan fingerprint density at radius 2 is 2.00 bits per heavy atom. The molecule has 2 rings (SSSR count). The van der Waals surface area contributed by atoms with Crippen LogP contribution in [0.2, 0.25) is 0 Å². The fourth-order valence-electron chi connectivity index (χ4n) is 2.08. The van der Waals surface area contributed by atoms with Crippen LogP contribution in [-0.4, -0.2) is 17.1 Å². The highest BCUT2D eigenvalue weighted by molar-refractivity contribution is 5.67. The van der Waals surface area contributed by atoms with Crippen molar-refractivity contribution in [2.45, 2.75) is 44.8 Å². The Balaban J connectivity index is 1.70. The van der Waals surface area contributed by atoms with E-state index in [4.69, 9.17) is 4.74 Å². The van der Waals surface area contributed by atoms with Crippen LogP contribution in [0, 0.1) is 0 Å². The lowest BCUT2D eigenvalue weighted by molar-refractivity contribution is 0.133. The molecule has 0 saturated heterocycles. The summed E-state index contributed by atoms with van der Waals surface area (Å²) in [7, 11) is 0. The SMILES string of the molecule is O=C(NC1CCCCC1)OCc1ccncc1. The van der Waals surface area contributed by atoms with Crippen LogP contribution in [0.4, 0.5) is 4.79 Å². The molecule has 1 N–H and O–H groups in total. The predicted octanol–water partition coefficient (Wildman–Crippen LogP) is 2.64. The van der Waals surface area contributed by atoms with Gasteiger partial charge in [0.15, 0.2) is 0 Å². The molecule has 92 valence electrons. The van der Waals surface area contributed by atoms with Crippen LogP contribution in [0.3, 0.4) is 0 Å². The average molecular weight is 234 g/mol. The van der Waals surface area contributed by atoms with Crippen molar-refractivity contribution in [1.29, 1.82) is 0 Å². The molecule has 0 radical (unpaired) electrons. The lowest BCUT2D eigenvalue weighted by Crippen LogP contribution is -2.36. The Hall–Kier alpha value is -1.58. The van der Waals surface area contributed by atoms with Gasteiger partial charge in [0.05, 0.1) is 0 Å². The fourth-order valence-corrected chi connectivity index (χ4v) is 2.08. The zero-order valence-electron chi connectivity index (χ0n) is 9.89. The van der Waals surface area contributed by atoms with Gasteiger partial charge in [0.25, 0.3) is 0 Å². The molecule has 0 atom stereocenters. The monoisotopic (exact) mass is 234 g/mol. The second kappa shape index (κ2) is 6.23. The third-order valence-electron chi connectivity index (χ3n) is 3.05. The molecule has 0 aromatic carbocycles. The first kappa shape index (κ1) is 11.9. The summed E-state index contributed by atoms with van der Waals surface area (Å²) >= 11 is 0. The number of nitrogens with one attached hydrogen (secondary N) is 1. The maximum absolute atomic E-state index is 11.5. The van der Waals surface area contributed by atoms with Crippen LogP contribution >= 0.6 is 0 Å². The van der Waals surface area contributed by atoms with E-state index in [0.29, 0.717) is 12.6 Å². The van der Waals surface area contributed by atoms with E-state index in [1.54, 1.807) is 12.4 Å². The minimum Gasteiger partial charge on any atom is -0.445 e. The van der Waals surface area contributed by atoms with Gasteiger partial charge in [-0.05, 0) is 30.5 Å². The van der Waals surface area contributed by atoms with E-state index in [2.05, 4.69) is 10.3 Å². The maximum atomic E-state index is 11.5. The predicted molar refractivity (Wildman–Crippen MR) is 64.4 cm³/mol. The van der Waals surface area contributed by atoms with Gasteiger partial charge in [0.2, 0.25) is 0 Å². The highest BCUT2D eigenvalue weighted by atomic mass is 16.5. The summed E-state index contributed by atoms with van der Waals surface area (Å²) in [4.78, 5) is 15.4. The molecule has 0 unspecified atom stereocenters. The molecule has 1 amide bonds. The van der Waals surface area contributed by atoms with Gasteiger partial charge in [-0.3, -0.25) is 4.98 Å². The molecule has 1 fully saturated rings. The number of carbonyl (C=O) groups is 1. The second-order valence-electron chi connectivity index (χ2n) is 4.41. The normalized spacial score (nSPS) is 16.5. The standard InChI is InChI=1S/C13H18N2O2/c16-13(15-12-4-2-1-3-5-12)17-10-11-6-8-14-9-7-11/h6-9,12H,1-5,10H2,(H,15,16). The van der Waals surface area contributed by atoms with Gasteiger partial charge < -0.3 is 10.1 Å². The van der Waals surface area contributed by atoms with Crippen molar-refractivity contribution in [2.75, 3.05) is 0 Å². The lowest BCUT2D eigenvalue weighted by Gasteiger charge is -2.22. The van der Waals surface area contributed by atoms with E-state index in [0.717, 1.165) is 18.4 Å². The van der Waals surface area contributed by atoms with Crippen LogP contribution in [0.5, 0.6) is 0 Å². The third-order valence-corrected chi connectivity index (χ3v) is 3.05. The molecule has 0 aliphatic heterocycles. The van der Waals surface area contributed by atoms with Gasteiger partial charge in [-0.2, -0.15) is 0 Å². The van der Waals surface area contributed by atoms with Gasteiger partial charge >= 0.3 is 6.09 Å². The zero-order chi connectivity index (χ0) is 11.9. The smallest absolute Gasteiger partial charge is 0.407 e. The average Bonchev–Trinajstić information content (AvgIpc) is 2.39. The third kappa shape index (κ3) is 4.06. The van der Waals surface area contributed by atoms with E-state index in [-0.39, 0.29) is 6.09 Å². The fraction of sp³-hybridized carbons (Fsp3) is 0.538. The first-order chi connectivity index (χ1) is 8.34. The molecule has 1 heterocycles. The highest BCUT2D eigenvalue weighted by Crippen LogP contribution is 2.17. The summed E-state index contributed by atoms with van der Waals surface area (Å²) in [5.74, 6) is 0. The maximum Gasteiger partial charge on any atom is 0.407 e. The van der Waals surface area contributed by atoms with Gasteiger partial charge in [0, 0.05) is 18.4 Å². The molecule has 0 bridgehead atoms. The van der Waals surface area contributed by atoms with E-state index >= 15 is 0 Å². The van der Waals surface area contributed by atoms with Crippen LogP contribution < -0.4 is 5.32 Å². The minimum atomic E-state index is -0.311. The van der Waals surface area contributed by atoms with Gasteiger partial charge in [-0.1, -0.05) is 19.3 Å². The Morgan fingerprint density at radius 1 is 1.29 bits per heavy atom. The van der Waals surface area contributed by atoms with Crippen molar-refractivity contribution in [3.05, 3.63) is 30.1 Å². The first-order valence-corrected chi connectivity index (χ1v) is 6.17. The van der Waals surface area contributed by atoms with Crippen molar-refractivity contribution in [2.24, 2.45) is 0 Å². The number of ether oxygens (including phenoxy) is 1. The molecule has 0 spiro atoms. The van der Waals surface area contributed by atoms with Gasteiger partial charge in [-0.15, -0.1) is 0 Å². The van der Waals surface area contributed by atoms with Crippen LogP contribution in [-0.2, 0) is 11.3 Å². The second-order valence-corrected chi connectivity index (χ2v) is 4.41. The highest BCUT2D eigenvalue weighted by Gasteiger charge is 2.16. The van der Waals surface area contributed by atoms with E-state index in [1.807, 2.05) is 12.1 Å². The lowest BCUT2D eigenvalue weighted by atomic mass is 9.96. The quantitative estimate of drug-likeness (QED) is 0.874. The Morgan fingerprint density at radius 3 is 2.71 bits per heavy atom. The number of amides is 1. The number of carbonyl (C=O) groups excluding carboxylic acids is 1. The van der Waals surface area contributed by atoms with Crippen molar-refractivity contribution in [3.63, 3.8) is 0 Å². The molecule has 17 heavy (non-hydrogen) atoms. The van der Waals surface area contributed by atoms with Crippen molar-refractivity contribution < 1.29 is 9.53 Å². The van der Waals surface area contributed by atoms with Gasteiger partial charge in [0.1, 0.15) is 6.61 Å². The van der Waals surface area contributed by atoms with Crippen LogP contribution in [0.15, 0.2) is 24.5 Å². The number of aromatic nitrogens is 1. The molecular weight excluding hydrogens is 216 g/mol. The largest absolute Gasteiger partial charge is 0.445 e. The number of alkyl carbamates (subject to hydrolysis) is 1. The number of rotatable bonds is 3. The minimum absolute atomic E-state index is 0.300. The molecule has 1 saturated carbocycles. The van der Waals surface area contributed by atoms with Crippen molar-refractivity contribution >= 4 is 6.09 Å². The number of nitrogens with zero attached hydrogens (tertiary/aromatic N) is 1. The van der Waals surface area contributed by atoms with Crippen LogP contribution in [0.25, 0.3) is 0 Å². The van der Waals surface area contributed by atoms with E-state index in [1.165, 1.54) is 19.3 Å². The molecule has 1 aromatic rings. The molecule has 1 aliphatic carbocycles. The molecular formula is C13H18N2O2. The zero-order valence-corrected chi connectivity index (χ0v) is 9.89. The summed E-state index contributed by atoms with van der Waals surface area (Å²) in [6.07, 6.45) is 8.91. The Kier molecular flexibility index (Phi) is 4.36. The first-order valence-electron chi connectivity index (χ1n) is 6.17. The number of hydrogen-bond donors (Lipinski definition) is 1. The van der Waals surface area contributed by atoms with Crippen molar-refractivity contribution in [1.82, 2.24) is 10.3 Å². The summed E-state index contributed by atoms with van der Waals surface area (Å²) in [5.41, 5.74) is 0.957. The molecule has 4 heteroatoms. The Bertz CT molecular complexity index is 348. The summed E-state index contributed by atoms with van der Waals surface area (Å²) < 4.78 is 5.15. The number of pyridine rings is 1.